The second-order valence-electron chi connectivity index (χ2n) is 9.22. The molecule has 4 aromatic heterocycles. The van der Waals surface area contributed by atoms with Crippen LogP contribution in [0.15, 0.2) is 54.7 Å². The fourth-order valence-electron chi connectivity index (χ4n) is 5.24. The summed E-state index contributed by atoms with van der Waals surface area (Å²) in [7, 11) is 0. The Bertz CT molecular complexity index is 1900. The van der Waals surface area contributed by atoms with Gasteiger partial charge < -0.3 is 11.1 Å². The van der Waals surface area contributed by atoms with Crippen LogP contribution in [0.4, 0.5) is 5.69 Å². The zero-order valence-electron chi connectivity index (χ0n) is 20.7. The molecule has 0 aliphatic carbocycles. The maximum atomic E-state index is 13.3. The maximum Gasteiger partial charge on any atom is 0.254 e. The van der Waals surface area contributed by atoms with E-state index >= 15 is 0 Å². The molecule has 184 valence electrons. The van der Waals surface area contributed by atoms with Crippen molar-refractivity contribution in [3.63, 3.8) is 0 Å². The molecule has 3 N–H and O–H groups in total. The third-order valence-electron chi connectivity index (χ3n) is 6.98. The van der Waals surface area contributed by atoms with Crippen molar-refractivity contribution in [3.8, 4) is 0 Å². The molecule has 0 aliphatic heterocycles. The Morgan fingerprint density at radius 2 is 1.70 bits per heavy atom. The Morgan fingerprint density at radius 3 is 2.49 bits per heavy atom. The number of aromatic nitrogens is 5. The van der Waals surface area contributed by atoms with Gasteiger partial charge in [0.05, 0.1) is 28.4 Å². The van der Waals surface area contributed by atoms with Gasteiger partial charge in [0, 0.05) is 28.6 Å². The molecule has 37 heavy (non-hydrogen) atoms. The van der Waals surface area contributed by atoms with Crippen LogP contribution in [-0.2, 0) is 11.2 Å². The quantitative estimate of drug-likeness (QED) is 0.373. The van der Waals surface area contributed by atoms with Gasteiger partial charge in [0.15, 0.2) is 5.65 Å². The minimum Gasteiger partial charge on any atom is -0.365 e. The first kappa shape index (κ1) is 22.7. The van der Waals surface area contributed by atoms with Crippen LogP contribution in [0.3, 0.4) is 0 Å². The fourth-order valence-corrected chi connectivity index (χ4v) is 5.24. The first-order chi connectivity index (χ1) is 17.8. The summed E-state index contributed by atoms with van der Waals surface area (Å²) >= 11 is 0. The van der Waals surface area contributed by atoms with Crippen LogP contribution in [0.5, 0.6) is 0 Å². The highest BCUT2D eigenvalue weighted by Crippen LogP contribution is 2.36. The van der Waals surface area contributed by atoms with Gasteiger partial charge in [0.2, 0.25) is 5.91 Å². The molecule has 2 amide bonds. The molecule has 0 fully saturated rings. The second kappa shape index (κ2) is 8.41. The van der Waals surface area contributed by atoms with E-state index < -0.39 is 5.91 Å². The molecule has 0 spiro atoms. The number of nitrogens with two attached hydrogens (primary N) is 1. The summed E-state index contributed by atoms with van der Waals surface area (Å²) in [6.45, 7) is 5.75. The third kappa shape index (κ3) is 3.50. The van der Waals surface area contributed by atoms with Crippen LogP contribution in [0.25, 0.3) is 33.0 Å². The minimum absolute atomic E-state index is 0.103. The SMILES string of the molecule is Cc1nc2c(C(N)=O)cnn2c(C)c1CCC(=O)Nc1c2ccccc2n2c(C)nc3ccccc3c12. The number of primary amides is 1. The van der Waals surface area contributed by atoms with Crippen molar-refractivity contribution >= 4 is 50.5 Å². The Hall–Kier alpha value is -4.79. The Labute approximate surface area is 211 Å². The van der Waals surface area contributed by atoms with Crippen LogP contribution in [0, 0.1) is 20.8 Å². The van der Waals surface area contributed by atoms with E-state index in [1.165, 1.54) is 6.20 Å². The number of benzene rings is 2. The zero-order valence-corrected chi connectivity index (χ0v) is 20.7. The molecule has 2 aromatic carbocycles. The lowest BCUT2D eigenvalue weighted by molar-refractivity contribution is -0.116. The van der Waals surface area contributed by atoms with E-state index in [2.05, 4.69) is 19.8 Å². The number of carbonyl (C=O) groups excluding carboxylic acids is 2. The number of hydrogen-bond acceptors (Lipinski definition) is 5. The molecule has 0 aliphatic rings. The largest absolute Gasteiger partial charge is 0.365 e. The molecule has 9 heteroatoms. The predicted octanol–water partition coefficient (Wildman–Crippen LogP) is 4.28. The lowest BCUT2D eigenvalue weighted by Gasteiger charge is -2.12. The molecule has 4 heterocycles. The van der Waals surface area contributed by atoms with E-state index in [4.69, 9.17) is 10.7 Å². The molecular formula is C28H25N7O2. The average molecular weight is 492 g/mol. The molecule has 0 unspecified atom stereocenters. The van der Waals surface area contributed by atoms with Crippen molar-refractivity contribution in [3.05, 3.63) is 83.1 Å². The van der Waals surface area contributed by atoms with Crippen LogP contribution < -0.4 is 11.1 Å². The molecule has 0 bridgehead atoms. The first-order valence-corrected chi connectivity index (χ1v) is 12.1. The molecule has 6 rings (SSSR count). The third-order valence-corrected chi connectivity index (χ3v) is 6.98. The highest BCUT2D eigenvalue weighted by molar-refractivity contribution is 6.16. The summed E-state index contributed by atoms with van der Waals surface area (Å²) in [5.74, 6) is 0.179. The van der Waals surface area contributed by atoms with E-state index in [1.54, 1.807) is 4.52 Å². The maximum absolute atomic E-state index is 13.3. The first-order valence-electron chi connectivity index (χ1n) is 12.1. The summed E-state index contributed by atoms with van der Waals surface area (Å²) in [4.78, 5) is 34.4. The van der Waals surface area contributed by atoms with Crippen molar-refractivity contribution < 1.29 is 9.59 Å². The number of fused-ring (bicyclic) bond motifs is 6. The monoisotopic (exact) mass is 491 g/mol. The molecule has 0 saturated heterocycles. The van der Waals surface area contributed by atoms with E-state index in [-0.39, 0.29) is 17.9 Å². The Kier molecular flexibility index (Phi) is 5.15. The number of nitrogens with one attached hydrogen (secondary N) is 1. The van der Waals surface area contributed by atoms with E-state index in [0.717, 1.165) is 55.8 Å². The van der Waals surface area contributed by atoms with Crippen LogP contribution in [0.1, 0.15) is 39.6 Å². The minimum atomic E-state index is -0.571. The van der Waals surface area contributed by atoms with Crippen LogP contribution in [0.2, 0.25) is 0 Å². The number of anilines is 1. The van der Waals surface area contributed by atoms with Gasteiger partial charge in [-0.2, -0.15) is 5.10 Å². The molecule has 9 nitrogen and oxygen atoms in total. The lowest BCUT2D eigenvalue weighted by atomic mass is 10.1. The summed E-state index contributed by atoms with van der Waals surface area (Å²) in [5, 5.41) is 9.42. The molecule has 0 radical (unpaired) electrons. The number of aryl methyl sites for hydroxylation is 3. The van der Waals surface area contributed by atoms with Gasteiger partial charge in [-0.05, 0) is 44.9 Å². The topological polar surface area (TPSA) is 120 Å². The van der Waals surface area contributed by atoms with E-state index in [1.807, 2.05) is 69.3 Å². The molecule has 0 atom stereocenters. The lowest BCUT2D eigenvalue weighted by Crippen LogP contribution is -2.15. The second-order valence-corrected chi connectivity index (χ2v) is 9.22. The number of carbonyl (C=O) groups is 2. The van der Waals surface area contributed by atoms with Crippen molar-refractivity contribution in [2.45, 2.75) is 33.6 Å². The van der Waals surface area contributed by atoms with Gasteiger partial charge in [0.25, 0.3) is 5.91 Å². The summed E-state index contributed by atoms with van der Waals surface area (Å²) in [5.41, 5.74) is 12.2. The van der Waals surface area contributed by atoms with Crippen molar-refractivity contribution in [1.82, 2.24) is 24.0 Å². The summed E-state index contributed by atoms with van der Waals surface area (Å²) in [6, 6.07) is 16.0. The highest BCUT2D eigenvalue weighted by atomic mass is 16.2. The molecule has 6 aromatic rings. The van der Waals surface area contributed by atoms with Gasteiger partial charge >= 0.3 is 0 Å². The van der Waals surface area contributed by atoms with E-state index in [9.17, 15) is 9.59 Å². The van der Waals surface area contributed by atoms with Crippen molar-refractivity contribution in [1.29, 1.82) is 0 Å². The number of nitrogens with zero attached hydrogens (tertiary/aromatic N) is 5. The fraction of sp³-hybridized carbons (Fsp3) is 0.179. The number of para-hydroxylation sites is 2. The van der Waals surface area contributed by atoms with Crippen molar-refractivity contribution in [2.24, 2.45) is 5.73 Å². The van der Waals surface area contributed by atoms with Crippen LogP contribution >= 0.6 is 0 Å². The van der Waals surface area contributed by atoms with E-state index in [0.29, 0.717) is 12.1 Å². The highest BCUT2D eigenvalue weighted by Gasteiger charge is 2.20. The number of rotatable bonds is 5. The smallest absolute Gasteiger partial charge is 0.254 e. The number of amides is 2. The van der Waals surface area contributed by atoms with Gasteiger partial charge in [-0.3, -0.25) is 14.0 Å². The van der Waals surface area contributed by atoms with Gasteiger partial charge in [-0.1, -0.05) is 36.4 Å². The average Bonchev–Trinajstić information content (AvgIpc) is 3.44. The standard InChI is InChI=1S/C28H25N7O2/c1-15-18(16(2)35-28(31-15)21(14-30-35)27(29)37)12-13-24(36)33-25-20-9-5-7-11-23(20)34-17(3)32-22-10-6-4-8-19(22)26(25)34/h4-11,14H,12-13H2,1-3H3,(H2,29,37)(H,33,36). The Balaban J connectivity index is 1.38. The molecule has 0 saturated carbocycles. The zero-order chi connectivity index (χ0) is 25.8. The normalized spacial score (nSPS) is 11.6. The van der Waals surface area contributed by atoms with Crippen molar-refractivity contribution in [2.75, 3.05) is 5.32 Å². The predicted molar refractivity (Wildman–Crippen MR) is 143 cm³/mol. The number of hydrogen-bond donors (Lipinski definition) is 2. The van der Waals surface area contributed by atoms with Gasteiger partial charge in [-0.15, -0.1) is 0 Å². The molecular weight excluding hydrogens is 466 g/mol. The summed E-state index contributed by atoms with van der Waals surface area (Å²) < 4.78 is 3.71. The van der Waals surface area contributed by atoms with Gasteiger partial charge in [0.1, 0.15) is 11.4 Å². The summed E-state index contributed by atoms with van der Waals surface area (Å²) in [6.07, 6.45) is 2.16. The van der Waals surface area contributed by atoms with Crippen LogP contribution in [-0.4, -0.2) is 35.8 Å². The van der Waals surface area contributed by atoms with Gasteiger partial charge in [-0.25, -0.2) is 14.5 Å². The Morgan fingerprint density at radius 1 is 0.973 bits per heavy atom.